The fourth-order valence-electron chi connectivity index (χ4n) is 7.50. The lowest BCUT2D eigenvalue weighted by atomic mass is 9.98. The zero-order valence-electron chi connectivity index (χ0n) is 26.0. The van der Waals surface area contributed by atoms with Crippen LogP contribution in [0, 0.1) is 0 Å². The summed E-state index contributed by atoms with van der Waals surface area (Å²) in [6.45, 7) is 21.2. The van der Waals surface area contributed by atoms with Crippen LogP contribution in [0.15, 0.2) is 12.2 Å². The highest BCUT2D eigenvalue weighted by Crippen LogP contribution is 2.43. The lowest BCUT2D eigenvalue weighted by Gasteiger charge is -2.44. The number of allylic oxidation sites excluding steroid dienone is 1. The van der Waals surface area contributed by atoms with Crippen LogP contribution in [0.1, 0.15) is 93.4 Å². The van der Waals surface area contributed by atoms with Crippen LogP contribution >= 0.6 is 0 Å². The molecule has 39 heavy (non-hydrogen) atoms. The van der Waals surface area contributed by atoms with E-state index in [9.17, 15) is 0 Å². The summed E-state index contributed by atoms with van der Waals surface area (Å²) in [5, 5.41) is 0. The van der Waals surface area contributed by atoms with Crippen molar-refractivity contribution in [1.29, 1.82) is 0 Å². The van der Waals surface area contributed by atoms with Gasteiger partial charge in [-0.05, 0) is 48.7 Å². The Hall–Kier alpha value is -0.973. The molecule has 0 saturated carbocycles. The van der Waals surface area contributed by atoms with E-state index in [0.717, 1.165) is 84.5 Å². The quantitative estimate of drug-likeness (QED) is 0.141. The predicted molar refractivity (Wildman–Crippen MR) is 161 cm³/mol. The molecule has 0 aliphatic carbocycles. The van der Waals surface area contributed by atoms with Gasteiger partial charge in [-0.2, -0.15) is 0 Å². The summed E-state index contributed by atoms with van der Waals surface area (Å²) >= 11 is 0. The van der Waals surface area contributed by atoms with Crippen LogP contribution in [0.25, 0.3) is 0 Å². The number of ether oxygens (including phenoxy) is 3. The van der Waals surface area contributed by atoms with E-state index in [4.69, 9.17) is 30.1 Å². The lowest BCUT2D eigenvalue weighted by Crippen LogP contribution is -2.54. The van der Waals surface area contributed by atoms with Gasteiger partial charge in [0.05, 0.1) is 38.6 Å². The van der Waals surface area contributed by atoms with Crippen LogP contribution < -0.4 is 11.5 Å². The van der Waals surface area contributed by atoms with Crippen molar-refractivity contribution in [3.63, 3.8) is 0 Å². The molecule has 3 heterocycles. The highest BCUT2D eigenvalue weighted by molar-refractivity contribution is 6.77. The Morgan fingerprint density at radius 1 is 1.00 bits per heavy atom. The molecule has 3 aliphatic rings. The van der Waals surface area contributed by atoms with E-state index < -0.39 is 14.1 Å². The largest absolute Gasteiger partial charge is 0.410 e. The molecular weight excluding hydrogens is 508 g/mol. The summed E-state index contributed by atoms with van der Waals surface area (Å²) in [4.78, 5) is 2.46. The fourth-order valence-corrected chi connectivity index (χ4v) is 13.1. The van der Waals surface area contributed by atoms with Crippen LogP contribution in [0.3, 0.4) is 0 Å². The van der Waals surface area contributed by atoms with Crippen molar-refractivity contribution in [3.8, 4) is 0 Å². The van der Waals surface area contributed by atoms with E-state index in [2.05, 4.69) is 70.1 Å². The average Bonchev–Trinajstić information content (AvgIpc) is 3.32. The summed E-state index contributed by atoms with van der Waals surface area (Å²) in [5.74, 6) is -0.202. The molecule has 9 heteroatoms. The molecule has 3 rings (SSSR count). The Morgan fingerprint density at radius 2 is 1.62 bits per heavy atom. The second-order valence-electron chi connectivity index (χ2n) is 12.7. The normalized spacial score (nSPS) is 25.8. The third kappa shape index (κ3) is 7.86. The van der Waals surface area contributed by atoms with E-state index in [1.165, 1.54) is 0 Å². The molecule has 0 aromatic rings. The first-order chi connectivity index (χ1) is 18.6. The minimum atomic E-state index is -1.93. The Labute approximate surface area is 239 Å². The number of guanidine groups is 1. The molecule has 0 spiro atoms. The molecule has 1 unspecified atom stereocenters. The first-order valence-corrected chi connectivity index (χ1v) is 17.8. The number of morpholine rings is 1. The Balaban J connectivity index is 1.68. The number of rotatable bonds is 13. The second kappa shape index (κ2) is 14.8. The Morgan fingerprint density at radius 3 is 2.15 bits per heavy atom. The Kier molecular flexibility index (Phi) is 12.3. The molecule has 0 aromatic carbocycles. The summed E-state index contributed by atoms with van der Waals surface area (Å²) in [5.41, 5.74) is 14.3. The van der Waals surface area contributed by atoms with Crippen LogP contribution in [-0.4, -0.2) is 87.4 Å². The van der Waals surface area contributed by atoms with Gasteiger partial charge < -0.3 is 18.6 Å². The summed E-state index contributed by atoms with van der Waals surface area (Å²) in [6, 6.07) is 0.200. The molecule has 4 N–H and O–H groups in total. The van der Waals surface area contributed by atoms with Crippen molar-refractivity contribution in [2.75, 3.05) is 39.5 Å². The molecule has 0 radical (unpaired) electrons. The molecule has 8 nitrogen and oxygen atoms in total. The van der Waals surface area contributed by atoms with E-state index >= 15 is 0 Å². The maximum absolute atomic E-state index is 7.05. The maximum Gasteiger partial charge on any atom is 0.342 e. The van der Waals surface area contributed by atoms with Crippen LogP contribution in [0.4, 0.5) is 0 Å². The minimum Gasteiger partial charge on any atom is -0.410 e. The number of hydrogen-bond acceptors (Lipinski definition) is 5. The van der Waals surface area contributed by atoms with Gasteiger partial charge in [0.25, 0.3) is 0 Å². The molecular formula is C30H59N4O4Si+. The molecule has 3 fully saturated rings. The molecule has 3 saturated heterocycles. The van der Waals surface area contributed by atoms with Crippen molar-refractivity contribution in [1.82, 2.24) is 4.90 Å². The van der Waals surface area contributed by atoms with Gasteiger partial charge in [-0.3, -0.25) is 16.4 Å². The topological polar surface area (TPSA) is 95.2 Å². The molecule has 226 valence electrons. The molecule has 3 aliphatic heterocycles. The molecule has 0 amide bonds. The SMILES string of the molecule is CC[C@@H](/C=C\CCC1(C[C@@H]2CCC(N3CCOCC3)[N+]2=C(N)N)OCCCO1)O[Si](C(C)C)(C(C)C)C(C)C. The third-order valence-electron chi connectivity index (χ3n) is 9.31. The zero-order valence-corrected chi connectivity index (χ0v) is 27.0. The standard InChI is InChI=1S/C30H58N4O4Si/c1-8-27(38-39(23(2)3,24(4)5)25(6)7)12-9-10-15-30(36-18-11-19-37-30)22-26-13-14-28(34(26)29(31)32)33-16-20-35-21-17-33/h9,12,23-28H,8,10-11,13-22H2,1-7H3,(H3,31,32)/p+1/b12-9-/t26-,27-,28?/m0/s1. The van der Waals surface area contributed by atoms with Gasteiger partial charge in [-0.1, -0.05) is 60.6 Å². The molecule has 3 atom stereocenters. The smallest absolute Gasteiger partial charge is 0.342 e. The highest BCUT2D eigenvalue weighted by Gasteiger charge is 2.47. The van der Waals surface area contributed by atoms with Crippen molar-refractivity contribution in [2.45, 2.75) is 134 Å². The maximum atomic E-state index is 7.05. The summed E-state index contributed by atoms with van der Waals surface area (Å²) < 4.78 is 27.7. The zero-order chi connectivity index (χ0) is 28.6. The van der Waals surface area contributed by atoms with Gasteiger partial charge in [0.1, 0.15) is 6.17 Å². The van der Waals surface area contributed by atoms with E-state index in [1.54, 1.807) is 0 Å². The van der Waals surface area contributed by atoms with Crippen molar-refractivity contribution < 1.29 is 23.2 Å². The molecule has 0 aromatic heterocycles. The summed E-state index contributed by atoms with van der Waals surface area (Å²) in [7, 11) is -1.93. The van der Waals surface area contributed by atoms with Crippen LogP contribution in [-0.2, 0) is 18.6 Å². The lowest BCUT2D eigenvalue weighted by molar-refractivity contribution is -0.608. The summed E-state index contributed by atoms with van der Waals surface area (Å²) in [6.07, 6.45) is 11.4. The van der Waals surface area contributed by atoms with E-state index in [-0.39, 0.29) is 18.3 Å². The van der Waals surface area contributed by atoms with E-state index in [0.29, 0.717) is 22.6 Å². The minimum absolute atomic E-state index is 0.152. The van der Waals surface area contributed by atoms with E-state index in [1.807, 2.05) is 0 Å². The van der Waals surface area contributed by atoms with Crippen molar-refractivity contribution >= 4 is 14.3 Å². The van der Waals surface area contributed by atoms with Crippen LogP contribution in [0.5, 0.6) is 0 Å². The average molecular weight is 568 g/mol. The van der Waals surface area contributed by atoms with Gasteiger partial charge >= 0.3 is 5.96 Å². The number of nitrogens with zero attached hydrogens (tertiary/aromatic N) is 2. The van der Waals surface area contributed by atoms with Gasteiger partial charge in [-0.25, -0.2) is 4.58 Å². The number of nitrogens with two attached hydrogens (primary N) is 2. The van der Waals surface area contributed by atoms with Crippen molar-refractivity contribution in [3.05, 3.63) is 12.2 Å². The first kappa shape index (κ1) is 32.5. The monoisotopic (exact) mass is 567 g/mol. The highest BCUT2D eigenvalue weighted by atomic mass is 28.4. The molecule has 0 bridgehead atoms. The number of hydrogen-bond donors (Lipinski definition) is 2. The van der Waals surface area contributed by atoms with Gasteiger partial charge in [0, 0.05) is 25.9 Å². The fraction of sp³-hybridized carbons (Fsp3) is 0.900. The predicted octanol–water partition coefficient (Wildman–Crippen LogP) is 4.92. The van der Waals surface area contributed by atoms with Crippen molar-refractivity contribution in [2.24, 2.45) is 11.5 Å². The first-order valence-electron chi connectivity index (χ1n) is 15.7. The third-order valence-corrected chi connectivity index (χ3v) is 15.4. The second-order valence-corrected chi connectivity index (χ2v) is 18.1. The van der Waals surface area contributed by atoms with Gasteiger partial charge in [0.2, 0.25) is 8.32 Å². The van der Waals surface area contributed by atoms with Crippen LogP contribution in [0.2, 0.25) is 16.6 Å². The Bertz CT molecular complexity index is 781. The van der Waals surface area contributed by atoms with Gasteiger partial charge in [0.15, 0.2) is 5.79 Å². The van der Waals surface area contributed by atoms with Gasteiger partial charge in [-0.15, -0.1) is 0 Å².